The SMILES string of the molecule is COC(=O)c1cc(-c2cn(C)nn2)cnc1OCc1ccccc1. The summed E-state index contributed by atoms with van der Waals surface area (Å²) in [6.45, 7) is 0.308. The minimum atomic E-state index is -0.517. The lowest BCUT2D eigenvalue weighted by molar-refractivity contribution is 0.0594. The van der Waals surface area contributed by atoms with Gasteiger partial charge in [0.1, 0.15) is 17.9 Å². The van der Waals surface area contributed by atoms with E-state index in [4.69, 9.17) is 9.47 Å². The van der Waals surface area contributed by atoms with Crippen LogP contribution in [0.5, 0.6) is 5.88 Å². The lowest BCUT2D eigenvalue weighted by Crippen LogP contribution is -2.08. The number of ether oxygens (including phenoxy) is 2. The van der Waals surface area contributed by atoms with Gasteiger partial charge in [0, 0.05) is 18.8 Å². The van der Waals surface area contributed by atoms with Gasteiger partial charge in [0.2, 0.25) is 5.88 Å². The molecular weight excluding hydrogens is 308 g/mol. The Kier molecular flexibility index (Phi) is 4.51. The first-order chi connectivity index (χ1) is 11.7. The Morgan fingerprint density at radius 3 is 2.71 bits per heavy atom. The van der Waals surface area contributed by atoms with Crippen LogP contribution in [0.2, 0.25) is 0 Å². The second-order valence-electron chi connectivity index (χ2n) is 5.12. The van der Waals surface area contributed by atoms with Crippen molar-refractivity contribution in [3.8, 4) is 17.1 Å². The number of esters is 1. The van der Waals surface area contributed by atoms with Crippen LogP contribution < -0.4 is 4.74 Å². The molecule has 24 heavy (non-hydrogen) atoms. The average Bonchev–Trinajstić information content (AvgIpc) is 3.06. The Bertz CT molecular complexity index is 846. The van der Waals surface area contributed by atoms with Gasteiger partial charge in [-0.1, -0.05) is 35.5 Å². The highest BCUT2D eigenvalue weighted by Gasteiger charge is 2.17. The topological polar surface area (TPSA) is 79.1 Å². The highest BCUT2D eigenvalue weighted by Crippen LogP contribution is 2.24. The molecule has 2 heterocycles. The molecule has 0 unspecified atom stereocenters. The molecule has 0 saturated heterocycles. The van der Waals surface area contributed by atoms with Crippen molar-refractivity contribution < 1.29 is 14.3 Å². The van der Waals surface area contributed by atoms with Crippen molar-refractivity contribution in [3.05, 3.63) is 59.9 Å². The maximum atomic E-state index is 12.1. The molecule has 0 spiro atoms. The molecule has 3 rings (SSSR count). The normalized spacial score (nSPS) is 10.4. The van der Waals surface area contributed by atoms with Gasteiger partial charge in [-0.2, -0.15) is 0 Å². The van der Waals surface area contributed by atoms with Gasteiger partial charge in [-0.05, 0) is 11.6 Å². The van der Waals surface area contributed by atoms with Gasteiger partial charge in [-0.3, -0.25) is 4.68 Å². The van der Waals surface area contributed by atoms with Gasteiger partial charge in [-0.15, -0.1) is 5.10 Å². The Labute approximate surface area is 138 Å². The third kappa shape index (κ3) is 3.40. The molecule has 7 heteroatoms. The van der Waals surface area contributed by atoms with E-state index in [-0.39, 0.29) is 11.4 Å². The van der Waals surface area contributed by atoms with Crippen molar-refractivity contribution in [2.75, 3.05) is 7.11 Å². The number of pyridine rings is 1. The molecule has 2 aromatic heterocycles. The van der Waals surface area contributed by atoms with Crippen LogP contribution in [0.15, 0.2) is 48.8 Å². The van der Waals surface area contributed by atoms with Gasteiger partial charge in [0.15, 0.2) is 0 Å². The first kappa shape index (κ1) is 15.7. The molecule has 0 aliphatic heterocycles. The maximum Gasteiger partial charge on any atom is 0.343 e. The number of carbonyl (C=O) groups excluding carboxylic acids is 1. The zero-order chi connectivity index (χ0) is 16.9. The molecule has 0 amide bonds. The lowest BCUT2D eigenvalue weighted by Gasteiger charge is -2.10. The fourth-order valence-electron chi connectivity index (χ4n) is 2.17. The maximum absolute atomic E-state index is 12.1. The number of nitrogens with zero attached hydrogens (tertiary/aromatic N) is 4. The number of rotatable bonds is 5. The molecule has 0 aliphatic carbocycles. The van der Waals surface area contributed by atoms with E-state index < -0.39 is 5.97 Å². The van der Waals surface area contributed by atoms with Crippen LogP contribution in [0.25, 0.3) is 11.3 Å². The second kappa shape index (κ2) is 6.91. The Morgan fingerprint density at radius 2 is 2.04 bits per heavy atom. The Balaban J connectivity index is 1.89. The number of benzene rings is 1. The first-order valence-corrected chi connectivity index (χ1v) is 7.29. The lowest BCUT2D eigenvalue weighted by atomic mass is 10.1. The number of aromatic nitrogens is 4. The Hall–Kier alpha value is -3.22. The number of hydrogen-bond donors (Lipinski definition) is 0. The highest BCUT2D eigenvalue weighted by molar-refractivity contribution is 5.93. The molecule has 0 fully saturated rings. The van der Waals surface area contributed by atoms with E-state index in [1.54, 1.807) is 30.2 Å². The molecular formula is C17H16N4O3. The largest absolute Gasteiger partial charge is 0.472 e. The molecule has 0 bridgehead atoms. The van der Waals surface area contributed by atoms with Gasteiger partial charge in [-0.25, -0.2) is 9.78 Å². The molecule has 7 nitrogen and oxygen atoms in total. The second-order valence-corrected chi connectivity index (χ2v) is 5.12. The first-order valence-electron chi connectivity index (χ1n) is 7.29. The van der Waals surface area contributed by atoms with E-state index in [0.29, 0.717) is 17.9 Å². The highest BCUT2D eigenvalue weighted by atomic mass is 16.5. The van der Waals surface area contributed by atoms with Gasteiger partial charge in [0.25, 0.3) is 0 Å². The third-order valence-corrected chi connectivity index (χ3v) is 3.37. The Morgan fingerprint density at radius 1 is 1.25 bits per heavy atom. The summed E-state index contributed by atoms with van der Waals surface area (Å²) in [6.07, 6.45) is 3.33. The van der Waals surface area contributed by atoms with Crippen LogP contribution in [-0.4, -0.2) is 33.1 Å². The van der Waals surface area contributed by atoms with Crippen LogP contribution in [-0.2, 0) is 18.4 Å². The molecule has 1 aromatic carbocycles. The molecule has 3 aromatic rings. The van der Waals surface area contributed by atoms with E-state index in [0.717, 1.165) is 5.56 Å². The van der Waals surface area contributed by atoms with E-state index in [1.165, 1.54) is 7.11 Å². The van der Waals surface area contributed by atoms with E-state index in [9.17, 15) is 4.79 Å². The van der Waals surface area contributed by atoms with E-state index >= 15 is 0 Å². The monoisotopic (exact) mass is 324 g/mol. The minimum absolute atomic E-state index is 0.221. The van der Waals surface area contributed by atoms with Gasteiger partial charge in [0.05, 0.1) is 13.3 Å². The van der Waals surface area contributed by atoms with Crippen molar-refractivity contribution in [2.24, 2.45) is 7.05 Å². The molecule has 122 valence electrons. The zero-order valence-corrected chi connectivity index (χ0v) is 13.3. The fourth-order valence-corrected chi connectivity index (χ4v) is 2.17. The standard InChI is InChI=1S/C17H16N4O3/c1-21-10-15(19-20-21)13-8-14(17(22)23-2)16(18-9-13)24-11-12-6-4-3-5-7-12/h3-10H,11H2,1-2H3. The third-order valence-electron chi connectivity index (χ3n) is 3.37. The molecule has 0 atom stereocenters. The zero-order valence-electron chi connectivity index (χ0n) is 13.3. The van der Waals surface area contributed by atoms with Crippen LogP contribution in [0.3, 0.4) is 0 Å². The van der Waals surface area contributed by atoms with Gasteiger partial charge < -0.3 is 9.47 Å². The summed E-state index contributed by atoms with van der Waals surface area (Å²) < 4.78 is 12.1. The summed E-state index contributed by atoms with van der Waals surface area (Å²) in [5.74, 6) is -0.297. The van der Waals surface area contributed by atoms with E-state index in [2.05, 4.69) is 15.3 Å². The number of hydrogen-bond acceptors (Lipinski definition) is 6. The summed E-state index contributed by atoms with van der Waals surface area (Å²) in [5.41, 5.74) is 2.50. The summed E-state index contributed by atoms with van der Waals surface area (Å²) in [4.78, 5) is 16.3. The minimum Gasteiger partial charge on any atom is -0.472 e. The van der Waals surface area contributed by atoms with Crippen LogP contribution >= 0.6 is 0 Å². The summed E-state index contributed by atoms with van der Waals surface area (Å²) in [6, 6.07) is 11.3. The molecule has 0 N–H and O–H groups in total. The number of methoxy groups -OCH3 is 1. The smallest absolute Gasteiger partial charge is 0.343 e. The van der Waals surface area contributed by atoms with Crippen molar-refractivity contribution in [3.63, 3.8) is 0 Å². The number of carbonyl (C=O) groups is 1. The number of aryl methyl sites for hydroxylation is 1. The molecule has 0 aliphatic rings. The van der Waals surface area contributed by atoms with Crippen molar-refractivity contribution in [1.82, 2.24) is 20.0 Å². The molecule has 0 radical (unpaired) electrons. The van der Waals surface area contributed by atoms with Crippen molar-refractivity contribution in [2.45, 2.75) is 6.61 Å². The fraction of sp³-hybridized carbons (Fsp3) is 0.176. The van der Waals surface area contributed by atoms with Crippen molar-refractivity contribution in [1.29, 1.82) is 0 Å². The van der Waals surface area contributed by atoms with Crippen LogP contribution in [0.1, 0.15) is 15.9 Å². The summed E-state index contributed by atoms with van der Waals surface area (Å²) in [5, 5.41) is 7.89. The predicted octanol–water partition coefficient (Wildman–Crippen LogP) is 2.24. The quantitative estimate of drug-likeness (QED) is 0.670. The summed E-state index contributed by atoms with van der Waals surface area (Å²) in [7, 11) is 3.08. The van der Waals surface area contributed by atoms with E-state index in [1.807, 2.05) is 30.3 Å². The molecule has 0 saturated carbocycles. The predicted molar refractivity (Wildman–Crippen MR) is 86.3 cm³/mol. The van der Waals surface area contributed by atoms with Crippen molar-refractivity contribution >= 4 is 5.97 Å². The average molecular weight is 324 g/mol. The van der Waals surface area contributed by atoms with Crippen LogP contribution in [0, 0.1) is 0 Å². The summed E-state index contributed by atoms with van der Waals surface area (Å²) >= 11 is 0. The van der Waals surface area contributed by atoms with Gasteiger partial charge >= 0.3 is 5.97 Å². The van der Waals surface area contributed by atoms with Crippen LogP contribution in [0.4, 0.5) is 0 Å².